The second kappa shape index (κ2) is 5.69. The van der Waals surface area contributed by atoms with Crippen LogP contribution in [-0.2, 0) is 6.54 Å². The summed E-state index contributed by atoms with van der Waals surface area (Å²) in [5.74, 6) is -0.166. The first-order valence-electron chi connectivity index (χ1n) is 5.94. The van der Waals surface area contributed by atoms with Crippen molar-refractivity contribution in [1.82, 2.24) is 0 Å². The van der Waals surface area contributed by atoms with Gasteiger partial charge < -0.3 is 5.73 Å². The molecule has 16 heavy (non-hydrogen) atoms. The predicted molar refractivity (Wildman–Crippen MR) is 67.0 cm³/mol. The highest BCUT2D eigenvalue weighted by Crippen LogP contribution is 2.34. The summed E-state index contributed by atoms with van der Waals surface area (Å²) in [7, 11) is 0. The lowest BCUT2D eigenvalue weighted by Gasteiger charge is -2.21. The highest BCUT2D eigenvalue weighted by atomic mass is 32.2. The Morgan fingerprint density at radius 3 is 2.62 bits per heavy atom. The lowest BCUT2D eigenvalue weighted by molar-refractivity contribution is 0.516. The zero-order chi connectivity index (χ0) is 11.4. The molecular weight excluding hydrogens is 221 g/mol. The Morgan fingerprint density at radius 2 is 1.94 bits per heavy atom. The molecule has 88 valence electrons. The Labute approximate surface area is 101 Å². The average molecular weight is 239 g/mol. The minimum atomic E-state index is -0.166. The standard InChI is InChI=1S/C13H18FNS/c14-11-6-10(9-15)7-13(8-11)16-12-4-2-1-3-5-12/h6-8,12H,1-5,9,15H2. The first kappa shape index (κ1) is 11.9. The molecule has 3 heteroatoms. The van der Waals surface area contributed by atoms with Gasteiger partial charge in [-0.2, -0.15) is 0 Å². The molecule has 2 rings (SSSR count). The van der Waals surface area contributed by atoms with Gasteiger partial charge in [0.1, 0.15) is 5.82 Å². The van der Waals surface area contributed by atoms with Crippen molar-refractivity contribution in [3.05, 3.63) is 29.6 Å². The van der Waals surface area contributed by atoms with E-state index >= 15 is 0 Å². The molecule has 0 atom stereocenters. The van der Waals surface area contributed by atoms with E-state index in [2.05, 4.69) is 0 Å². The summed E-state index contributed by atoms with van der Waals surface area (Å²) < 4.78 is 13.3. The lowest BCUT2D eigenvalue weighted by atomic mass is 10.0. The molecule has 2 N–H and O–H groups in total. The maximum absolute atomic E-state index is 13.3. The van der Waals surface area contributed by atoms with Crippen LogP contribution in [0.5, 0.6) is 0 Å². The number of rotatable bonds is 3. The van der Waals surface area contributed by atoms with E-state index in [0.29, 0.717) is 11.8 Å². The van der Waals surface area contributed by atoms with Crippen LogP contribution in [-0.4, -0.2) is 5.25 Å². The smallest absolute Gasteiger partial charge is 0.124 e. The van der Waals surface area contributed by atoms with Crippen molar-refractivity contribution < 1.29 is 4.39 Å². The van der Waals surface area contributed by atoms with Crippen LogP contribution in [0.25, 0.3) is 0 Å². The number of hydrogen-bond acceptors (Lipinski definition) is 2. The van der Waals surface area contributed by atoms with Crippen molar-refractivity contribution in [3.63, 3.8) is 0 Å². The van der Waals surface area contributed by atoms with E-state index in [9.17, 15) is 4.39 Å². The molecule has 1 aliphatic rings. The molecule has 1 aliphatic carbocycles. The third-order valence-electron chi connectivity index (χ3n) is 3.02. The molecule has 1 aromatic rings. The zero-order valence-corrected chi connectivity index (χ0v) is 10.2. The molecule has 0 aromatic heterocycles. The summed E-state index contributed by atoms with van der Waals surface area (Å²) >= 11 is 1.81. The quantitative estimate of drug-likeness (QED) is 0.870. The molecule has 0 amide bonds. The fraction of sp³-hybridized carbons (Fsp3) is 0.538. The third kappa shape index (κ3) is 3.22. The summed E-state index contributed by atoms with van der Waals surface area (Å²) in [6.45, 7) is 0.413. The van der Waals surface area contributed by atoms with Crippen LogP contribution in [0.3, 0.4) is 0 Å². The SMILES string of the molecule is NCc1cc(F)cc(SC2CCCCC2)c1. The van der Waals surface area contributed by atoms with Gasteiger partial charge in [0, 0.05) is 16.7 Å². The van der Waals surface area contributed by atoms with E-state index in [1.807, 2.05) is 17.8 Å². The van der Waals surface area contributed by atoms with Gasteiger partial charge in [-0.15, -0.1) is 11.8 Å². The van der Waals surface area contributed by atoms with Gasteiger partial charge in [-0.3, -0.25) is 0 Å². The normalized spacial score (nSPS) is 17.6. The largest absolute Gasteiger partial charge is 0.326 e. The number of nitrogens with two attached hydrogens (primary N) is 1. The van der Waals surface area contributed by atoms with Gasteiger partial charge in [-0.1, -0.05) is 19.3 Å². The molecule has 0 saturated heterocycles. The van der Waals surface area contributed by atoms with Crippen LogP contribution in [0, 0.1) is 5.82 Å². The van der Waals surface area contributed by atoms with Crippen LogP contribution < -0.4 is 5.73 Å². The molecule has 1 saturated carbocycles. The van der Waals surface area contributed by atoms with Crippen molar-refractivity contribution in [1.29, 1.82) is 0 Å². The molecule has 0 aliphatic heterocycles. The Bertz CT molecular complexity index is 348. The van der Waals surface area contributed by atoms with E-state index in [0.717, 1.165) is 10.5 Å². The Hall–Kier alpha value is -0.540. The fourth-order valence-electron chi connectivity index (χ4n) is 2.18. The molecule has 0 radical (unpaired) electrons. The van der Waals surface area contributed by atoms with Crippen LogP contribution in [0.1, 0.15) is 37.7 Å². The van der Waals surface area contributed by atoms with Gasteiger partial charge >= 0.3 is 0 Å². The fourth-order valence-corrected chi connectivity index (χ4v) is 3.54. The highest BCUT2D eigenvalue weighted by molar-refractivity contribution is 8.00. The number of hydrogen-bond donors (Lipinski definition) is 1. The van der Waals surface area contributed by atoms with Crippen molar-refractivity contribution in [3.8, 4) is 0 Å². The van der Waals surface area contributed by atoms with Crippen LogP contribution in [0.2, 0.25) is 0 Å². The predicted octanol–water partition coefficient (Wildman–Crippen LogP) is 3.71. The van der Waals surface area contributed by atoms with E-state index < -0.39 is 0 Å². The minimum Gasteiger partial charge on any atom is -0.326 e. The maximum atomic E-state index is 13.3. The summed E-state index contributed by atoms with van der Waals surface area (Å²) in [6, 6.07) is 5.16. The van der Waals surface area contributed by atoms with Crippen molar-refractivity contribution in [2.24, 2.45) is 5.73 Å². The number of thioether (sulfide) groups is 1. The number of benzene rings is 1. The van der Waals surface area contributed by atoms with Gasteiger partial charge in [0.15, 0.2) is 0 Å². The summed E-state index contributed by atoms with van der Waals surface area (Å²) in [5.41, 5.74) is 6.43. The Balaban J connectivity index is 2.04. The summed E-state index contributed by atoms with van der Waals surface area (Å²) in [4.78, 5) is 1.03. The highest BCUT2D eigenvalue weighted by Gasteiger charge is 2.15. The van der Waals surface area contributed by atoms with Gasteiger partial charge in [0.2, 0.25) is 0 Å². The van der Waals surface area contributed by atoms with Crippen molar-refractivity contribution >= 4 is 11.8 Å². The summed E-state index contributed by atoms with van der Waals surface area (Å²) in [6.07, 6.45) is 6.51. The zero-order valence-electron chi connectivity index (χ0n) is 9.42. The van der Waals surface area contributed by atoms with E-state index in [1.54, 1.807) is 6.07 Å². The maximum Gasteiger partial charge on any atom is 0.124 e. The molecule has 1 nitrogen and oxygen atoms in total. The molecule has 0 bridgehead atoms. The van der Waals surface area contributed by atoms with Crippen LogP contribution >= 0.6 is 11.8 Å². The third-order valence-corrected chi connectivity index (χ3v) is 4.33. The first-order valence-corrected chi connectivity index (χ1v) is 6.82. The molecular formula is C13H18FNS. The second-order valence-electron chi connectivity index (χ2n) is 4.38. The lowest BCUT2D eigenvalue weighted by Crippen LogP contribution is -2.08. The van der Waals surface area contributed by atoms with Gasteiger partial charge in [0.05, 0.1) is 0 Å². The average Bonchev–Trinajstić information content (AvgIpc) is 2.29. The second-order valence-corrected chi connectivity index (χ2v) is 5.75. The van der Waals surface area contributed by atoms with Gasteiger partial charge in [-0.25, -0.2) is 4.39 Å². The monoisotopic (exact) mass is 239 g/mol. The van der Waals surface area contributed by atoms with Crippen LogP contribution in [0.15, 0.2) is 23.1 Å². The van der Waals surface area contributed by atoms with Crippen LogP contribution in [0.4, 0.5) is 4.39 Å². The molecule has 1 aromatic carbocycles. The Kier molecular flexibility index (Phi) is 4.24. The topological polar surface area (TPSA) is 26.0 Å². The molecule has 1 fully saturated rings. The Morgan fingerprint density at radius 1 is 1.19 bits per heavy atom. The molecule has 0 spiro atoms. The minimum absolute atomic E-state index is 0.166. The molecule has 0 unspecified atom stereocenters. The van der Waals surface area contributed by atoms with E-state index in [1.165, 1.54) is 38.2 Å². The van der Waals surface area contributed by atoms with Gasteiger partial charge in [0.25, 0.3) is 0 Å². The van der Waals surface area contributed by atoms with E-state index in [-0.39, 0.29) is 5.82 Å². The van der Waals surface area contributed by atoms with Gasteiger partial charge in [-0.05, 0) is 36.6 Å². The molecule has 0 heterocycles. The number of halogens is 1. The summed E-state index contributed by atoms with van der Waals surface area (Å²) in [5, 5.41) is 0.668. The first-order chi connectivity index (χ1) is 7.78. The van der Waals surface area contributed by atoms with Crippen molar-refractivity contribution in [2.45, 2.75) is 48.8 Å². The van der Waals surface area contributed by atoms with E-state index in [4.69, 9.17) is 5.73 Å². The van der Waals surface area contributed by atoms with Crippen molar-refractivity contribution in [2.75, 3.05) is 0 Å².